The Labute approximate surface area is 113 Å². The summed E-state index contributed by atoms with van der Waals surface area (Å²) in [7, 11) is 0. The van der Waals surface area contributed by atoms with Crippen molar-refractivity contribution in [3.05, 3.63) is 29.3 Å². The molecule has 0 unspecified atom stereocenters. The van der Waals surface area contributed by atoms with E-state index in [2.05, 4.69) is 0 Å². The number of aliphatic hydroxyl groups is 1. The summed E-state index contributed by atoms with van der Waals surface area (Å²) < 4.78 is 26.6. The Morgan fingerprint density at radius 1 is 1.28 bits per heavy atom. The first kappa shape index (κ1) is 17.1. The van der Waals surface area contributed by atoms with Crippen LogP contribution >= 0.6 is 12.4 Å². The molecule has 0 aliphatic heterocycles. The topological polar surface area (TPSA) is 46.2 Å². The molecule has 1 atom stereocenters. The zero-order valence-corrected chi connectivity index (χ0v) is 11.7. The molecule has 0 amide bonds. The van der Waals surface area contributed by atoms with E-state index in [0.717, 1.165) is 12.5 Å². The SMILES string of the molecule is CC(C)(C)CC[C@H](O)c1ccc(F)c(N)c1F.Cl. The first-order valence-electron chi connectivity index (χ1n) is 5.64. The minimum absolute atomic E-state index is 0. The van der Waals surface area contributed by atoms with Crippen LogP contribution in [0.4, 0.5) is 14.5 Å². The van der Waals surface area contributed by atoms with Crippen molar-refractivity contribution in [3.63, 3.8) is 0 Å². The molecule has 18 heavy (non-hydrogen) atoms. The van der Waals surface area contributed by atoms with Crippen LogP contribution < -0.4 is 5.73 Å². The third kappa shape index (κ3) is 4.42. The molecule has 0 heterocycles. The summed E-state index contributed by atoms with van der Waals surface area (Å²) in [5, 5.41) is 9.86. The quantitative estimate of drug-likeness (QED) is 0.826. The monoisotopic (exact) mass is 279 g/mol. The third-order valence-electron chi connectivity index (χ3n) is 2.68. The summed E-state index contributed by atoms with van der Waals surface area (Å²) in [6.45, 7) is 6.11. The lowest BCUT2D eigenvalue weighted by atomic mass is 9.88. The number of halogens is 3. The molecule has 0 aromatic heterocycles. The lowest BCUT2D eigenvalue weighted by Gasteiger charge is -2.21. The fourth-order valence-corrected chi connectivity index (χ4v) is 1.57. The first-order valence-corrected chi connectivity index (χ1v) is 5.64. The van der Waals surface area contributed by atoms with Gasteiger partial charge in [-0.2, -0.15) is 0 Å². The van der Waals surface area contributed by atoms with Gasteiger partial charge in [0.25, 0.3) is 0 Å². The molecular formula is C13H20ClF2NO. The highest BCUT2D eigenvalue weighted by molar-refractivity contribution is 5.85. The second kappa shape index (κ2) is 6.34. The number of benzene rings is 1. The number of hydrogen-bond donors (Lipinski definition) is 2. The Hall–Kier alpha value is -0.870. The fourth-order valence-electron chi connectivity index (χ4n) is 1.57. The van der Waals surface area contributed by atoms with E-state index >= 15 is 0 Å². The van der Waals surface area contributed by atoms with Gasteiger partial charge in [0, 0.05) is 5.56 Å². The molecule has 0 radical (unpaired) electrons. The zero-order valence-electron chi connectivity index (χ0n) is 10.8. The smallest absolute Gasteiger partial charge is 0.154 e. The Balaban J connectivity index is 0.00000289. The van der Waals surface area contributed by atoms with Crippen molar-refractivity contribution in [2.75, 3.05) is 5.73 Å². The minimum Gasteiger partial charge on any atom is -0.394 e. The van der Waals surface area contributed by atoms with Crippen molar-refractivity contribution in [1.29, 1.82) is 0 Å². The van der Waals surface area contributed by atoms with E-state index in [9.17, 15) is 13.9 Å². The molecule has 1 rings (SSSR count). The maximum absolute atomic E-state index is 13.6. The zero-order chi connectivity index (χ0) is 13.2. The number of rotatable bonds is 3. The number of nitrogen functional groups attached to an aromatic ring is 1. The van der Waals surface area contributed by atoms with Crippen LogP contribution in [0, 0.1) is 17.0 Å². The van der Waals surface area contributed by atoms with Crippen molar-refractivity contribution in [1.82, 2.24) is 0 Å². The van der Waals surface area contributed by atoms with E-state index in [-0.39, 0.29) is 23.4 Å². The van der Waals surface area contributed by atoms with Crippen LogP contribution in [0.25, 0.3) is 0 Å². The van der Waals surface area contributed by atoms with E-state index in [1.54, 1.807) is 0 Å². The van der Waals surface area contributed by atoms with E-state index in [0.29, 0.717) is 6.42 Å². The lowest BCUT2D eigenvalue weighted by Crippen LogP contribution is -2.10. The molecule has 3 N–H and O–H groups in total. The lowest BCUT2D eigenvalue weighted by molar-refractivity contribution is 0.143. The number of anilines is 1. The molecule has 0 saturated heterocycles. The largest absolute Gasteiger partial charge is 0.394 e. The summed E-state index contributed by atoms with van der Waals surface area (Å²) in [6, 6.07) is 2.32. The highest BCUT2D eigenvalue weighted by Gasteiger charge is 2.19. The van der Waals surface area contributed by atoms with Gasteiger partial charge in [0.1, 0.15) is 11.5 Å². The van der Waals surface area contributed by atoms with Gasteiger partial charge >= 0.3 is 0 Å². The number of hydrogen-bond acceptors (Lipinski definition) is 2. The van der Waals surface area contributed by atoms with Gasteiger partial charge in [-0.1, -0.05) is 26.8 Å². The molecule has 104 valence electrons. The summed E-state index contributed by atoms with van der Waals surface area (Å²) >= 11 is 0. The van der Waals surface area contributed by atoms with Gasteiger partial charge < -0.3 is 10.8 Å². The highest BCUT2D eigenvalue weighted by atomic mass is 35.5. The van der Waals surface area contributed by atoms with Gasteiger partial charge in [-0.15, -0.1) is 12.4 Å². The molecule has 0 spiro atoms. The van der Waals surface area contributed by atoms with Gasteiger partial charge in [0.05, 0.1) is 6.10 Å². The van der Waals surface area contributed by atoms with Crippen molar-refractivity contribution in [2.24, 2.45) is 5.41 Å². The molecule has 2 nitrogen and oxygen atoms in total. The molecule has 0 bridgehead atoms. The van der Waals surface area contributed by atoms with E-state index in [1.807, 2.05) is 20.8 Å². The third-order valence-corrected chi connectivity index (χ3v) is 2.68. The van der Waals surface area contributed by atoms with Crippen molar-refractivity contribution >= 4 is 18.1 Å². The molecule has 5 heteroatoms. The molecule has 0 fully saturated rings. The van der Waals surface area contributed by atoms with Gasteiger partial charge in [-0.3, -0.25) is 0 Å². The highest BCUT2D eigenvalue weighted by Crippen LogP contribution is 2.30. The van der Waals surface area contributed by atoms with Crippen LogP contribution in [0.15, 0.2) is 12.1 Å². The van der Waals surface area contributed by atoms with Crippen LogP contribution in [-0.2, 0) is 0 Å². The Morgan fingerprint density at radius 3 is 2.33 bits per heavy atom. The predicted octanol–water partition coefficient (Wildman–Crippen LogP) is 3.83. The maximum Gasteiger partial charge on any atom is 0.154 e. The van der Waals surface area contributed by atoms with Crippen LogP contribution in [0.2, 0.25) is 0 Å². The molecule has 1 aromatic rings. The summed E-state index contributed by atoms with van der Waals surface area (Å²) in [6.07, 6.45) is 0.216. The summed E-state index contributed by atoms with van der Waals surface area (Å²) in [5.74, 6) is -1.65. The number of aliphatic hydroxyl groups excluding tert-OH is 1. The van der Waals surface area contributed by atoms with Crippen molar-refractivity contribution in [2.45, 2.75) is 39.7 Å². The standard InChI is InChI=1S/C13H19F2NO.ClH/c1-13(2,3)7-6-10(17)8-4-5-9(14)12(16)11(8)15;/h4-5,10,17H,6-7,16H2,1-3H3;1H/t10-;/m0./s1. The second-order valence-corrected chi connectivity index (χ2v) is 5.48. The van der Waals surface area contributed by atoms with Gasteiger partial charge in [0.2, 0.25) is 0 Å². The summed E-state index contributed by atoms with van der Waals surface area (Å²) in [4.78, 5) is 0. The van der Waals surface area contributed by atoms with Crippen molar-refractivity contribution < 1.29 is 13.9 Å². The molecular weight excluding hydrogens is 260 g/mol. The van der Waals surface area contributed by atoms with Crippen molar-refractivity contribution in [3.8, 4) is 0 Å². The average molecular weight is 280 g/mol. The van der Waals surface area contributed by atoms with E-state index in [1.165, 1.54) is 6.07 Å². The van der Waals surface area contributed by atoms with Crippen LogP contribution in [0.1, 0.15) is 45.3 Å². The molecule has 0 aliphatic carbocycles. The molecule has 0 saturated carbocycles. The maximum atomic E-state index is 13.6. The van der Waals surface area contributed by atoms with Crippen LogP contribution in [0.3, 0.4) is 0 Å². The minimum atomic E-state index is -0.947. The van der Waals surface area contributed by atoms with Gasteiger partial charge in [0.15, 0.2) is 5.82 Å². The number of nitrogens with two attached hydrogens (primary N) is 1. The normalized spacial score (nSPS) is 13.0. The average Bonchev–Trinajstić information content (AvgIpc) is 2.22. The van der Waals surface area contributed by atoms with Crippen LogP contribution in [-0.4, -0.2) is 5.11 Å². The predicted molar refractivity (Wildman–Crippen MR) is 71.7 cm³/mol. The van der Waals surface area contributed by atoms with E-state index < -0.39 is 23.4 Å². The summed E-state index contributed by atoms with van der Waals surface area (Å²) in [5.41, 5.74) is 4.83. The second-order valence-electron chi connectivity index (χ2n) is 5.48. The van der Waals surface area contributed by atoms with Crippen LogP contribution in [0.5, 0.6) is 0 Å². The molecule has 1 aromatic carbocycles. The van der Waals surface area contributed by atoms with Gasteiger partial charge in [-0.25, -0.2) is 8.78 Å². The van der Waals surface area contributed by atoms with E-state index in [4.69, 9.17) is 5.73 Å². The van der Waals surface area contributed by atoms with Gasteiger partial charge in [-0.05, 0) is 24.3 Å². The Morgan fingerprint density at radius 2 is 1.83 bits per heavy atom. The molecule has 0 aliphatic rings. The first-order chi connectivity index (χ1) is 7.72. The fraction of sp³-hybridized carbons (Fsp3) is 0.538. The Kier molecular flexibility index (Phi) is 6.04. The Bertz CT molecular complexity index is 405.